The van der Waals surface area contributed by atoms with Crippen LogP contribution in [0.15, 0.2) is 18.2 Å². The lowest BCUT2D eigenvalue weighted by Crippen LogP contribution is -2.31. The van der Waals surface area contributed by atoms with Gasteiger partial charge in [0, 0.05) is 6.42 Å². The Morgan fingerprint density at radius 2 is 2.00 bits per heavy atom. The first-order valence-corrected chi connectivity index (χ1v) is 6.86. The van der Waals surface area contributed by atoms with Crippen LogP contribution >= 0.6 is 0 Å². The molecule has 1 aromatic heterocycles. The highest BCUT2D eigenvalue weighted by molar-refractivity contribution is 5.72. The molecule has 2 atom stereocenters. The van der Waals surface area contributed by atoms with Crippen molar-refractivity contribution in [1.29, 1.82) is 0 Å². The molecule has 0 aliphatic rings. The summed E-state index contributed by atoms with van der Waals surface area (Å²) in [5.41, 5.74) is 0.813. The lowest BCUT2D eigenvalue weighted by Gasteiger charge is -2.16. The Labute approximate surface area is 132 Å². The number of nitrogens with zero attached hydrogens (tertiary/aromatic N) is 4. The second-order valence-corrected chi connectivity index (χ2v) is 4.93. The molecule has 23 heavy (non-hydrogen) atoms. The Hall–Kier alpha value is -2.68. The van der Waals surface area contributed by atoms with Crippen molar-refractivity contribution in [3.8, 4) is 11.5 Å². The molecule has 0 radical (unpaired) electrons. The van der Waals surface area contributed by atoms with Gasteiger partial charge in [-0.05, 0) is 35.0 Å². The smallest absolute Gasteiger partial charge is 0.331 e. The van der Waals surface area contributed by atoms with Crippen LogP contribution in [0.5, 0.6) is 11.5 Å². The normalized spacial score (nSPS) is 13.4. The number of hydrogen-bond acceptors (Lipinski definition) is 7. The number of benzene rings is 1. The van der Waals surface area contributed by atoms with Crippen molar-refractivity contribution in [3.63, 3.8) is 0 Å². The molecule has 1 aromatic carbocycles. The van der Waals surface area contributed by atoms with E-state index in [-0.39, 0.29) is 6.42 Å². The van der Waals surface area contributed by atoms with Crippen LogP contribution in [0, 0.1) is 0 Å². The molecule has 9 nitrogen and oxygen atoms in total. The molecule has 0 saturated heterocycles. The number of ether oxygens (including phenoxy) is 2. The van der Waals surface area contributed by atoms with Gasteiger partial charge in [-0.25, -0.2) is 9.48 Å². The number of aliphatic carboxylic acids is 1. The second-order valence-electron chi connectivity index (χ2n) is 4.93. The number of carboxylic acid groups (broad SMARTS) is 1. The SMILES string of the molecule is COc1ccc(Cc2nnnn2C(C(=O)O)C(C)O)cc1OC. The van der Waals surface area contributed by atoms with Gasteiger partial charge in [-0.15, -0.1) is 5.10 Å². The van der Waals surface area contributed by atoms with Crippen molar-refractivity contribution in [2.45, 2.75) is 25.5 Å². The highest BCUT2D eigenvalue weighted by Gasteiger charge is 2.29. The van der Waals surface area contributed by atoms with Crippen LogP contribution in [0.25, 0.3) is 0 Å². The molecule has 2 N–H and O–H groups in total. The van der Waals surface area contributed by atoms with Gasteiger partial charge in [0.2, 0.25) is 0 Å². The first-order chi connectivity index (χ1) is 11.0. The predicted octanol–water partition coefficient (Wildman–Crippen LogP) is 0.288. The third-order valence-corrected chi connectivity index (χ3v) is 3.34. The summed E-state index contributed by atoms with van der Waals surface area (Å²) in [5.74, 6) is 0.254. The summed E-state index contributed by atoms with van der Waals surface area (Å²) in [6.45, 7) is 1.38. The average molecular weight is 322 g/mol. The van der Waals surface area contributed by atoms with Gasteiger partial charge in [0.05, 0.1) is 20.3 Å². The molecular formula is C14H18N4O5. The largest absolute Gasteiger partial charge is 0.493 e. The number of tetrazole rings is 1. The van der Waals surface area contributed by atoms with Gasteiger partial charge in [0.1, 0.15) is 0 Å². The summed E-state index contributed by atoms with van der Waals surface area (Å²) in [4.78, 5) is 11.3. The Morgan fingerprint density at radius 3 is 2.57 bits per heavy atom. The topological polar surface area (TPSA) is 120 Å². The van der Waals surface area contributed by atoms with E-state index < -0.39 is 18.1 Å². The van der Waals surface area contributed by atoms with Crippen LogP contribution in [0.3, 0.4) is 0 Å². The van der Waals surface area contributed by atoms with Crippen molar-refractivity contribution in [3.05, 3.63) is 29.6 Å². The Morgan fingerprint density at radius 1 is 1.30 bits per heavy atom. The maximum atomic E-state index is 11.3. The predicted molar refractivity (Wildman–Crippen MR) is 78.5 cm³/mol. The standard InChI is InChI=1S/C14H18N4O5/c1-8(19)13(14(20)21)18-12(15-16-17-18)7-9-4-5-10(22-2)11(6-9)23-3/h4-6,8,13,19H,7H2,1-3H3,(H,20,21). The van der Waals surface area contributed by atoms with E-state index in [0.717, 1.165) is 10.2 Å². The lowest BCUT2D eigenvalue weighted by molar-refractivity contribution is -0.144. The number of hydrogen-bond donors (Lipinski definition) is 2. The molecule has 0 amide bonds. The van der Waals surface area contributed by atoms with Gasteiger partial charge in [-0.3, -0.25) is 0 Å². The molecule has 9 heteroatoms. The van der Waals surface area contributed by atoms with Gasteiger partial charge in [0.25, 0.3) is 0 Å². The van der Waals surface area contributed by atoms with E-state index in [1.165, 1.54) is 21.1 Å². The van der Waals surface area contributed by atoms with E-state index in [9.17, 15) is 15.0 Å². The summed E-state index contributed by atoms with van der Waals surface area (Å²) in [6, 6.07) is 4.06. The monoisotopic (exact) mass is 322 g/mol. The highest BCUT2D eigenvalue weighted by Crippen LogP contribution is 2.28. The lowest BCUT2D eigenvalue weighted by atomic mass is 10.1. The number of carbonyl (C=O) groups is 1. The first-order valence-electron chi connectivity index (χ1n) is 6.86. The molecule has 0 fully saturated rings. The molecule has 0 spiro atoms. The summed E-state index contributed by atoms with van der Waals surface area (Å²) in [6.07, 6.45) is -0.857. The third-order valence-electron chi connectivity index (χ3n) is 3.34. The summed E-state index contributed by atoms with van der Waals surface area (Å²) in [5, 5.41) is 30.0. The van der Waals surface area contributed by atoms with Crippen molar-refractivity contribution in [2.24, 2.45) is 0 Å². The van der Waals surface area contributed by atoms with Crippen LogP contribution in [0.1, 0.15) is 24.4 Å². The zero-order valence-electron chi connectivity index (χ0n) is 13.0. The molecule has 2 aromatic rings. The fourth-order valence-electron chi connectivity index (χ4n) is 2.23. The van der Waals surface area contributed by atoms with E-state index in [2.05, 4.69) is 15.5 Å². The second kappa shape index (κ2) is 7.05. The fourth-order valence-corrected chi connectivity index (χ4v) is 2.23. The number of aromatic nitrogens is 4. The van der Waals surface area contributed by atoms with Gasteiger partial charge >= 0.3 is 5.97 Å². The molecule has 124 valence electrons. The van der Waals surface area contributed by atoms with Crippen LogP contribution in [-0.4, -0.2) is 56.7 Å². The average Bonchev–Trinajstić information content (AvgIpc) is 2.94. The summed E-state index contributed by atoms with van der Waals surface area (Å²) in [7, 11) is 3.07. The molecule has 0 aliphatic heterocycles. The van der Waals surface area contributed by atoms with E-state index in [4.69, 9.17) is 9.47 Å². The van der Waals surface area contributed by atoms with E-state index >= 15 is 0 Å². The number of carboxylic acids is 1. The Kier molecular flexibility index (Phi) is 5.12. The Bertz CT molecular complexity index is 686. The van der Waals surface area contributed by atoms with E-state index in [0.29, 0.717) is 17.3 Å². The maximum Gasteiger partial charge on any atom is 0.331 e. The minimum absolute atomic E-state index is 0.282. The van der Waals surface area contributed by atoms with Crippen molar-refractivity contribution < 1.29 is 24.5 Å². The van der Waals surface area contributed by atoms with Crippen molar-refractivity contribution in [2.75, 3.05) is 14.2 Å². The third kappa shape index (κ3) is 3.57. The summed E-state index contributed by atoms with van der Waals surface area (Å²) >= 11 is 0. The van der Waals surface area contributed by atoms with Gasteiger partial charge in [-0.1, -0.05) is 6.07 Å². The number of rotatable bonds is 7. The van der Waals surface area contributed by atoms with Crippen molar-refractivity contribution >= 4 is 5.97 Å². The highest BCUT2D eigenvalue weighted by atomic mass is 16.5. The van der Waals surface area contributed by atoms with Gasteiger partial charge < -0.3 is 19.7 Å². The zero-order chi connectivity index (χ0) is 17.0. The van der Waals surface area contributed by atoms with Crippen molar-refractivity contribution in [1.82, 2.24) is 20.2 Å². The summed E-state index contributed by atoms with van der Waals surface area (Å²) < 4.78 is 11.5. The van der Waals surface area contributed by atoms with Gasteiger partial charge in [-0.2, -0.15) is 0 Å². The Balaban J connectivity index is 2.32. The molecule has 1 heterocycles. The molecule has 2 unspecified atom stereocenters. The minimum atomic E-state index is -1.25. The van der Waals surface area contributed by atoms with Crippen LogP contribution < -0.4 is 9.47 Å². The number of aliphatic hydroxyl groups excluding tert-OH is 1. The minimum Gasteiger partial charge on any atom is -0.493 e. The molecule has 0 aliphatic carbocycles. The fraction of sp³-hybridized carbons (Fsp3) is 0.429. The van der Waals surface area contributed by atoms with Gasteiger partial charge in [0.15, 0.2) is 23.4 Å². The first kappa shape index (κ1) is 16.7. The molecular weight excluding hydrogens is 304 g/mol. The molecule has 0 saturated carbocycles. The molecule has 2 rings (SSSR count). The quantitative estimate of drug-likeness (QED) is 0.746. The van der Waals surface area contributed by atoms with E-state index in [1.807, 2.05) is 0 Å². The van der Waals surface area contributed by atoms with Crippen LogP contribution in [-0.2, 0) is 11.2 Å². The van der Waals surface area contributed by atoms with E-state index in [1.54, 1.807) is 18.2 Å². The zero-order valence-corrected chi connectivity index (χ0v) is 13.0. The maximum absolute atomic E-state index is 11.3. The molecule has 0 bridgehead atoms. The number of methoxy groups -OCH3 is 2. The van der Waals surface area contributed by atoms with Crippen LogP contribution in [0.4, 0.5) is 0 Å². The number of aliphatic hydroxyl groups is 1. The van der Waals surface area contributed by atoms with Crippen LogP contribution in [0.2, 0.25) is 0 Å².